The third kappa shape index (κ3) is 3.86. The van der Waals surface area contributed by atoms with E-state index in [1.807, 2.05) is 53.6 Å². The lowest BCUT2D eigenvalue weighted by atomic mass is 9.86. The van der Waals surface area contributed by atoms with Gasteiger partial charge in [0.1, 0.15) is 5.60 Å². The summed E-state index contributed by atoms with van der Waals surface area (Å²) in [6.07, 6.45) is 2.57. The van der Waals surface area contributed by atoms with E-state index >= 15 is 0 Å². The van der Waals surface area contributed by atoms with Gasteiger partial charge in [0.15, 0.2) is 0 Å². The van der Waals surface area contributed by atoms with Gasteiger partial charge in [-0.25, -0.2) is 0 Å². The second-order valence-electron chi connectivity index (χ2n) is 6.65. The Morgan fingerprint density at radius 1 is 1.04 bits per heavy atom. The summed E-state index contributed by atoms with van der Waals surface area (Å²) in [4.78, 5) is 11.6. The van der Waals surface area contributed by atoms with Crippen LogP contribution in [0.2, 0.25) is 0 Å². The summed E-state index contributed by atoms with van der Waals surface area (Å²) in [6, 6.07) is 20.0. The standard InChI is InChI=1S/C20H21N3O2S/c26-19(21-17-9-5-2-6-10-17)24-23-13-11-20(12-14-23)15-18(22-25-20)16-7-3-1-4-8-16/h1-10H,11-15H2,(H,21,26). The molecule has 0 atom stereocenters. The summed E-state index contributed by atoms with van der Waals surface area (Å²) in [7, 11) is 0. The Hall–Kier alpha value is -2.44. The number of hydrogen-bond acceptors (Lipinski definition) is 5. The van der Waals surface area contributed by atoms with Gasteiger partial charge in [0, 0.05) is 38.0 Å². The molecule has 2 aliphatic heterocycles. The molecule has 2 heterocycles. The lowest BCUT2D eigenvalue weighted by Crippen LogP contribution is -2.45. The summed E-state index contributed by atoms with van der Waals surface area (Å²) in [5.41, 5.74) is 2.88. The van der Waals surface area contributed by atoms with Crippen molar-refractivity contribution in [3.63, 3.8) is 0 Å². The van der Waals surface area contributed by atoms with Crippen LogP contribution in [0.1, 0.15) is 24.8 Å². The highest BCUT2D eigenvalue weighted by Gasteiger charge is 2.42. The van der Waals surface area contributed by atoms with Crippen LogP contribution in [0.25, 0.3) is 0 Å². The van der Waals surface area contributed by atoms with Gasteiger partial charge in [-0.2, -0.15) is 0 Å². The van der Waals surface area contributed by atoms with E-state index in [1.165, 1.54) is 0 Å². The van der Waals surface area contributed by atoms with Crippen LogP contribution in [-0.2, 0) is 9.68 Å². The van der Waals surface area contributed by atoms with Crippen molar-refractivity contribution in [1.29, 1.82) is 0 Å². The average Bonchev–Trinajstić information content (AvgIpc) is 3.09. The molecule has 134 valence electrons. The molecule has 2 aromatic rings. The molecule has 0 aromatic heterocycles. The van der Waals surface area contributed by atoms with Crippen LogP contribution in [0, 0.1) is 0 Å². The van der Waals surface area contributed by atoms with E-state index in [4.69, 9.17) is 21.9 Å². The SMILES string of the molecule is S=C(Nc1ccccc1)ON1CCC2(CC1)CC(c1ccccc1)=NO2. The van der Waals surface area contributed by atoms with Gasteiger partial charge in [0.25, 0.3) is 5.17 Å². The largest absolute Gasteiger partial charge is 0.388 e. The summed E-state index contributed by atoms with van der Waals surface area (Å²) >= 11 is 5.30. The van der Waals surface area contributed by atoms with E-state index in [9.17, 15) is 0 Å². The molecular weight excluding hydrogens is 346 g/mol. The highest BCUT2D eigenvalue weighted by atomic mass is 32.1. The van der Waals surface area contributed by atoms with E-state index in [0.29, 0.717) is 5.17 Å². The van der Waals surface area contributed by atoms with E-state index < -0.39 is 0 Å². The first-order valence-corrected chi connectivity index (χ1v) is 9.23. The maximum atomic E-state index is 5.85. The number of hydroxylamine groups is 2. The van der Waals surface area contributed by atoms with Gasteiger partial charge in [-0.15, -0.1) is 5.06 Å². The first-order chi connectivity index (χ1) is 12.7. The molecule has 0 unspecified atom stereocenters. The lowest BCUT2D eigenvalue weighted by molar-refractivity contribution is -0.143. The Kier molecular flexibility index (Phi) is 4.86. The quantitative estimate of drug-likeness (QED) is 0.832. The number of para-hydroxylation sites is 1. The molecule has 0 aliphatic carbocycles. The highest BCUT2D eigenvalue weighted by molar-refractivity contribution is 7.80. The molecule has 0 radical (unpaired) electrons. The summed E-state index contributed by atoms with van der Waals surface area (Å²) in [6.45, 7) is 1.52. The van der Waals surface area contributed by atoms with Gasteiger partial charge in [-0.1, -0.05) is 53.7 Å². The molecule has 0 bridgehead atoms. The second kappa shape index (κ2) is 7.43. The molecular formula is C20H21N3O2S. The third-order valence-corrected chi connectivity index (χ3v) is 4.99. The number of benzene rings is 2. The first kappa shape index (κ1) is 17.0. The number of thiocarbonyl (C=S) groups is 1. The number of oxime groups is 1. The van der Waals surface area contributed by atoms with E-state index in [2.05, 4.69) is 22.6 Å². The number of rotatable bonds is 3. The minimum atomic E-state index is -0.209. The molecule has 1 saturated heterocycles. The van der Waals surface area contributed by atoms with Crippen molar-refractivity contribution in [3.8, 4) is 0 Å². The van der Waals surface area contributed by atoms with Gasteiger partial charge in [-0.05, 0) is 29.9 Å². The first-order valence-electron chi connectivity index (χ1n) is 8.82. The van der Waals surface area contributed by atoms with E-state index in [1.54, 1.807) is 0 Å². The van der Waals surface area contributed by atoms with Crippen molar-refractivity contribution in [2.24, 2.45) is 5.16 Å². The fourth-order valence-electron chi connectivity index (χ4n) is 3.34. The minimum absolute atomic E-state index is 0.209. The summed E-state index contributed by atoms with van der Waals surface area (Å²) < 4.78 is 0. The van der Waals surface area contributed by atoms with Crippen LogP contribution in [0.4, 0.5) is 5.69 Å². The van der Waals surface area contributed by atoms with Gasteiger partial charge >= 0.3 is 0 Å². The average molecular weight is 367 g/mol. The molecule has 0 amide bonds. The zero-order chi connectivity index (χ0) is 17.8. The maximum absolute atomic E-state index is 5.85. The van der Waals surface area contributed by atoms with Crippen molar-refractivity contribution in [2.75, 3.05) is 18.4 Å². The van der Waals surface area contributed by atoms with E-state index in [-0.39, 0.29) is 5.60 Å². The van der Waals surface area contributed by atoms with Crippen molar-refractivity contribution in [2.45, 2.75) is 24.9 Å². The molecule has 26 heavy (non-hydrogen) atoms. The van der Waals surface area contributed by atoms with Crippen LogP contribution in [0.15, 0.2) is 65.8 Å². The molecule has 0 saturated carbocycles. The Morgan fingerprint density at radius 2 is 1.69 bits per heavy atom. The predicted molar refractivity (Wildman–Crippen MR) is 106 cm³/mol. The summed E-state index contributed by atoms with van der Waals surface area (Å²) in [5.74, 6) is 0. The molecule has 2 aliphatic rings. The van der Waals surface area contributed by atoms with Crippen LogP contribution in [0.3, 0.4) is 0 Å². The van der Waals surface area contributed by atoms with Gasteiger partial charge in [0.2, 0.25) is 0 Å². The van der Waals surface area contributed by atoms with Crippen LogP contribution < -0.4 is 5.32 Å². The Bertz CT molecular complexity index is 787. The van der Waals surface area contributed by atoms with Crippen molar-refractivity contribution >= 4 is 28.8 Å². The van der Waals surface area contributed by atoms with E-state index in [0.717, 1.165) is 49.3 Å². The summed E-state index contributed by atoms with van der Waals surface area (Å²) in [5, 5.41) is 9.69. The fraction of sp³-hybridized carbons (Fsp3) is 0.300. The van der Waals surface area contributed by atoms with Gasteiger partial charge in [-0.3, -0.25) is 0 Å². The number of anilines is 1. The zero-order valence-corrected chi connectivity index (χ0v) is 15.2. The Morgan fingerprint density at radius 3 is 2.38 bits per heavy atom. The third-order valence-electron chi connectivity index (χ3n) is 4.81. The Labute approximate surface area is 158 Å². The second-order valence-corrected chi connectivity index (χ2v) is 7.02. The van der Waals surface area contributed by atoms with Crippen LogP contribution >= 0.6 is 12.2 Å². The number of nitrogens with one attached hydrogen (secondary N) is 1. The van der Waals surface area contributed by atoms with Crippen LogP contribution in [-0.4, -0.2) is 34.6 Å². The van der Waals surface area contributed by atoms with Crippen molar-refractivity contribution < 1.29 is 9.68 Å². The topological polar surface area (TPSA) is 46.1 Å². The van der Waals surface area contributed by atoms with Crippen molar-refractivity contribution in [3.05, 3.63) is 66.2 Å². The predicted octanol–water partition coefficient (Wildman–Crippen LogP) is 3.97. The normalized spacial score (nSPS) is 18.8. The van der Waals surface area contributed by atoms with Gasteiger partial charge < -0.3 is 15.0 Å². The molecule has 2 aromatic carbocycles. The van der Waals surface area contributed by atoms with Crippen molar-refractivity contribution in [1.82, 2.24) is 5.06 Å². The smallest absolute Gasteiger partial charge is 0.283 e. The molecule has 1 N–H and O–H groups in total. The monoisotopic (exact) mass is 367 g/mol. The lowest BCUT2D eigenvalue weighted by Gasteiger charge is -2.36. The fourth-order valence-corrected chi connectivity index (χ4v) is 3.56. The van der Waals surface area contributed by atoms with Gasteiger partial charge in [0.05, 0.1) is 5.71 Å². The number of hydrogen-bond donors (Lipinski definition) is 1. The number of nitrogens with zero attached hydrogens (tertiary/aromatic N) is 2. The molecule has 4 rings (SSSR count). The Balaban J connectivity index is 1.28. The highest BCUT2D eigenvalue weighted by Crippen LogP contribution is 2.36. The number of piperidine rings is 1. The van der Waals surface area contributed by atoms with Crippen LogP contribution in [0.5, 0.6) is 0 Å². The minimum Gasteiger partial charge on any atom is -0.388 e. The molecule has 1 fully saturated rings. The molecule has 5 nitrogen and oxygen atoms in total. The molecule has 6 heteroatoms. The molecule has 1 spiro atoms. The maximum Gasteiger partial charge on any atom is 0.283 e. The zero-order valence-electron chi connectivity index (χ0n) is 14.4.